The van der Waals surface area contributed by atoms with Crippen molar-refractivity contribution in [1.29, 1.82) is 0 Å². The van der Waals surface area contributed by atoms with Crippen molar-refractivity contribution >= 4 is 22.1 Å². The summed E-state index contributed by atoms with van der Waals surface area (Å²) in [4.78, 5) is 21.0. The number of carboxylic acid groups (broad SMARTS) is 1. The van der Waals surface area contributed by atoms with Gasteiger partial charge in [-0.2, -0.15) is 8.42 Å². The molecule has 1 N–H and O–H groups in total. The van der Waals surface area contributed by atoms with Crippen LogP contribution in [0.4, 0.5) is 0 Å². The van der Waals surface area contributed by atoms with E-state index in [0.29, 0.717) is 6.07 Å². The molecule has 0 fully saturated rings. The molecule has 0 atom stereocenters. The van der Waals surface area contributed by atoms with Crippen molar-refractivity contribution in [2.24, 2.45) is 0 Å². The van der Waals surface area contributed by atoms with Gasteiger partial charge in [0, 0.05) is 0 Å². The van der Waals surface area contributed by atoms with Crippen molar-refractivity contribution in [2.45, 2.75) is 4.90 Å². The van der Waals surface area contributed by atoms with Crippen LogP contribution in [0.25, 0.3) is 0 Å². The van der Waals surface area contributed by atoms with E-state index in [2.05, 4.69) is 4.74 Å². The van der Waals surface area contributed by atoms with Crippen LogP contribution in [0.3, 0.4) is 0 Å². The molecule has 0 aliphatic carbocycles. The third-order valence-electron chi connectivity index (χ3n) is 1.86. The molecule has 18 heavy (non-hydrogen) atoms. The molecule has 0 amide bonds. The van der Waals surface area contributed by atoms with E-state index >= 15 is 0 Å². The zero-order valence-electron chi connectivity index (χ0n) is 9.54. The van der Waals surface area contributed by atoms with Crippen LogP contribution < -0.4 is 34.7 Å². The van der Waals surface area contributed by atoms with E-state index in [1.807, 2.05) is 0 Å². The van der Waals surface area contributed by atoms with Gasteiger partial charge in [0.1, 0.15) is 0 Å². The zero-order chi connectivity index (χ0) is 13.2. The van der Waals surface area contributed by atoms with Gasteiger partial charge in [-0.05, 0) is 23.8 Å². The third kappa shape index (κ3) is 4.07. The van der Waals surface area contributed by atoms with Crippen molar-refractivity contribution in [1.82, 2.24) is 0 Å². The van der Waals surface area contributed by atoms with E-state index in [1.54, 1.807) is 0 Å². The monoisotopic (exact) mass is 282 g/mol. The van der Waals surface area contributed by atoms with Gasteiger partial charge in [-0.15, -0.1) is 0 Å². The van der Waals surface area contributed by atoms with Crippen LogP contribution in [-0.2, 0) is 14.9 Å². The van der Waals surface area contributed by atoms with Crippen molar-refractivity contribution in [3.8, 4) is 0 Å². The Morgan fingerprint density at radius 1 is 1.22 bits per heavy atom. The molecular weight excluding hydrogens is 275 g/mol. The molecule has 0 aromatic heterocycles. The molecule has 0 saturated carbocycles. The molecule has 92 valence electrons. The molecule has 1 aromatic carbocycles. The Morgan fingerprint density at radius 3 is 2.11 bits per heavy atom. The molecule has 0 bridgehead atoms. The van der Waals surface area contributed by atoms with E-state index in [-0.39, 0.29) is 35.1 Å². The van der Waals surface area contributed by atoms with Crippen LogP contribution in [0.1, 0.15) is 20.7 Å². The van der Waals surface area contributed by atoms with Gasteiger partial charge in [-0.3, -0.25) is 4.55 Å². The SMILES string of the molecule is COC(=O)c1cc(C(=O)[O-])cc(S(=O)(=O)O)c1.[Na+]. The predicted molar refractivity (Wildman–Crippen MR) is 51.9 cm³/mol. The minimum absolute atomic E-state index is 0. The quantitative estimate of drug-likeness (QED) is 0.341. The van der Waals surface area contributed by atoms with Gasteiger partial charge >= 0.3 is 35.5 Å². The first-order valence-corrected chi connectivity index (χ1v) is 5.62. The van der Waals surface area contributed by atoms with E-state index < -0.39 is 32.5 Å². The zero-order valence-corrected chi connectivity index (χ0v) is 12.4. The molecule has 0 unspecified atom stereocenters. The Balaban J connectivity index is 0.00000289. The van der Waals surface area contributed by atoms with Gasteiger partial charge in [0.05, 0.1) is 23.5 Å². The molecule has 0 heterocycles. The summed E-state index contributed by atoms with van der Waals surface area (Å²) in [7, 11) is -3.58. The Hall–Kier alpha value is -0.930. The summed E-state index contributed by atoms with van der Waals surface area (Å²) >= 11 is 0. The molecular formula is C9H7NaO7S. The number of hydrogen-bond donors (Lipinski definition) is 1. The number of methoxy groups -OCH3 is 1. The van der Waals surface area contributed by atoms with Gasteiger partial charge in [0.15, 0.2) is 0 Å². The first-order valence-electron chi connectivity index (χ1n) is 4.18. The normalized spacial score (nSPS) is 10.3. The first-order chi connectivity index (χ1) is 7.75. The molecule has 0 saturated heterocycles. The van der Waals surface area contributed by atoms with Crippen LogP contribution in [0, 0.1) is 0 Å². The third-order valence-corrected chi connectivity index (χ3v) is 2.69. The summed E-state index contributed by atoms with van der Waals surface area (Å²) < 4.78 is 34.8. The van der Waals surface area contributed by atoms with Crippen LogP contribution >= 0.6 is 0 Å². The number of esters is 1. The number of carboxylic acids is 1. The number of benzene rings is 1. The summed E-state index contributed by atoms with van der Waals surface area (Å²) in [6.07, 6.45) is 0. The van der Waals surface area contributed by atoms with Gasteiger partial charge in [0.2, 0.25) is 0 Å². The van der Waals surface area contributed by atoms with Gasteiger partial charge in [-0.25, -0.2) is 4.79 Å². The average molecular weight is 282 g/mol. The van der Waals surface area contributed by atoms with Gasteiger partial charge in [0.25, 0.3) is 10.1 Å². The van der Waals surface area contributed by atoms with Gasteiger partial charge in [-0.1, -0.05) is 0 Å². The molecule has 0 spiro atoms. The van der Waals surface area contributed by atoms with E-state index in [4.69, 9.17) is 4.55 Å². The summed E-state index contributed by atoms with van der Waals surface area (Å²) in [5, 5.41) is 10.6. The fourth-order valence-electron chi connectivity index (χ4n) is 1.10. The van der Waals surface area contributed by atoms with Crippen molar-refractivity contribution in [3.63, 3.8) is 0 Å². The van der Waals surface area contributed by atoms with Gasteiger partial charge < -0.3 is 14.6 Å². The molecule has 0 radical (unpaired) electrons. The minimum atomic E-state index is -4.62. The molecule has 7 nitrogen and oxygen atoms in total. The number of carbonyl (C=O) groups is 2. The number of ether oxygens (including phenoxy) is 1. The number of rotatable bonds is 3. The smallest absolute Gasteiger partial charge is 0.545 e. The van der Waals surface area contributed by atoms with E-state index in [1.165, 1.54) is 0 Å². The fourth-order valence-corrected chi connectivity index (χ4v) is 1.65. The summed E-state index contributed by atoms with van der Waals surface area (Å²) in [6, 6.07) is 2.36. The van der Waals surface area contributed by atoms with Crippen LogP contribution in [0.15, 0.2) is 23.1 Å². The maximum absolute atomic E-state index is 11.2. The largest absolute Gasteiger partial charge is 1.00 e. The molecule has 0 aliphatic heterocycles. The number of aromatic carboxylic acids is 1. The summed E-state index contributed by atoms with van der Waals surface area (Å²) in [5.41, 5.74) is -0.873. The minimum Gasteiger partial charge on any atom is -0.545 e. The number of carbonyl (C=O) groups excluding carboxylic acids is 2. The topological polar surface area (TPSA) is 121 Å². The maximum atomic E-state index is 11.2. The van der Waals surface area contributed by atoms with Crippen LogP contribution in [0.2, 0.25) is 0 Å². The molecule has 1 aromatic rings. The second-order valence-corrected chi connectivity index (χ2v) is 4.42. The number of hydrogen-bond acceptors (Lipinski definition) is 6. The van der Waals surface area contributed by atoms with Crippen LogP contribution in [0.5, 0.6) is 0 Å². The van der Waals surface area contributed by atoms with Crippen molar-refractivity contribution in [2.75, 3.05) is 7.11 Å². The molecule has 0 aliphatic rings. The second-order valence-electron chi connectivity index (χ2n) is 3.00. The Bertz CT molecular complexity index is 579. The first kappa shape index (κ1) is 17.1. The van der Waals surface area contributed by atoms with Crippen molar-refractivity contribution in [3.05, 3.63) is 29.3 Å². The second kappa shape index (κ2) is 6.30. The average Bonchev–Trinajstić information content (AvgIpc) is 2.26. The summed E-state index contributed by atoms with van der Waals surface area (Å²) in [6.45, 7) is 0. The van der Waals surface area contributed by atoms with E-state index in [0.717, 1.165) is 19.2 Å². The fraction of sp³-hybridized carbons (Fsp3) is 0.111. The van der Waals surface area contributed by atoms with Crippen LogP contribution in [-0.4, -0.2) is 32.0 Å². The Labute approximate surface area is 125 Å². The Morgan fingerprint density at radius 2 is 1.72 bits per heavy atom. The molecule has 9 heteroatoms. The summed E-state index contributed by atoms with van der Waals surface area (Å²) in [5.74, 6) is -2.61. The standard InChI is InChI=1S/C9H8O7S.Na/c1-16-9(12)6-2-5(8(10)11)3-7(4-6)17(13,14)15;/h2-4H,1H3,(H,10,11)(H,13,14,15);/q;+1/p-1. The maximum Gasteiger partial charge on any atom is 1.00 e. The van der Waals surface area contributed by atoms with Crippen molar-refractivity contribution < 1.29 is 62.0 Å². The predicted octanol–water partition coefficient (Wildman–Crippen LogP) is -3.91. The molecule has 1 rings (SSSR count). The Kier molecular flexibility index (Phi) is 5.97. The van der Waals surface area contributed by atoms with E-state index in [9.17, 15) is 23.1 Å².